The molecule has 0 fully saturated rings. The summed E-state index contributed by atoms with van der Waals surface area (Å²) in [7, 11) is 0. The number of rotatable bonds is 3. The van der Waals surface area contributed by atoms with Crippen molar-refractivity contribution in [3.05, 3.63) is 45.6 Å². The predicted molar refractivity (Wildman–Crippen MR) is 69.5 cm³/mol. The number of benzene rings is 1. The van der Waals surface area contributed by atoms with Gasteiger partial charge in [0.15, 0.2) is 0 Å². The Morgan fingerprint density at radius 2 is 2.00 bits per heavy atom. The summed E-state index contributed by atoms with van der Waals surface area (Å²) in [5, 5.41) is 14.5. The van der Waals surface area contributed by atoms with Crippen LogP contribution in [0.5, 0.6) is 5.75 Å². The average Bonchev–Trinajstić information content (AvgIpc) is 2.68. The fourth-order valence-electron chi connectivity index (χ4n) is 1.44. The first kappa shape index (κ1) is 11.3. The molecule has 2 rings (SSSR count). The first-order valence-corrected chi connectivity index (χ1v) is 6.20. The number of phenols is 1. The molecule has 1 atom stereocenters. The van der Waals surface area contributed by atoms with Crippen molar-refractivity contribution in [2.24, 2.45) is 0 Å². The van der Waals surface area contributed by atoms with E-state index in [-0.39, 0.29) is 11.8 Å². The molecule has 2 nitrogen and oxygen atoms in total. The van der Waals surface area contributed by atoms with E-state index in [1.165, 1.54) is 16.9 Å². The molecule has 0 saturated heterocycles. The number of nitrogens with one attached hydrogen (secondary N) is 1. The van der Waals surface area contributed by atoms with Gasteiger partial charge in [0.2, 0.25) is 0 Å². The van der Waals surface area contributed by atoms with Crippen molar-refractivity contribution in [2.75, 3.05) is 5.32 Å². The molecule has 0 saturated carbocycles. The first-order valence-electron chi connectivity index (χ1n) is 4.94. The molecule has 0 radical (unpaired) electrons. The average molecular weight is 254 g/mol. The molecule has 1 aromatic carbocycles. The molecule has 2 N–H and O–H groups in total. The SMILES string of the molecule is CC(Nc1ccc(O)cc1)c1csc(Cl)c1. The maximum atomic E-state index is 9.17. The smallest absolute Gasteiger partial charge is 0.115 e. The molecular weight excluding hydrogens is 242 g/mol. The summed E-state index contributed by atoms with van der Waals surface area (Å²) in [6.45, 7) is 2.07. The van der Waals surface area contributed by atoms with E-state index in [9.17, 15) is 0 Å². The van der Waals surface area contributed by atoms with E-state index in [0.717, 1.165) is 10.0 Å². The lowest BCUT2D eigenvalue weighted by Crippen LogP contribution is -2.04. The summed E-state index contributed by atoms with van der Waals surface area (Å²) < 4.78 is 0.800. The number of halogens is 1. The highest BCUT2D eigenvalue weighted by Gasteiger charge is 2.07. The van der Waals surface area contributed by atoms with E-state index in [2.05, 4.69) is 12.2 Å². The number of hydrogen-bond acceptors (Lipinski definition) is 3. The van der Waals surface area contributed by atoms with Gasteiger partial charge in [0.1, 0.15) is 5.75 Å². The lowest BCUT2D eigenvalue weighted by Gasteiger charge is -2.13. The topological polar surface area (TPSA) is 32.3 Å². The normalized spacial score (nSPS) is 12.4. The van der Waals surface area contributed by atoms with Crippen LogP contribution >= 0.6 is 22.9 Å². The molecule has 1 aromatic heterocycles. The number of hydrogen-bond donors (Lipinski definition) is 2. The molecular formula is C12H12ClNOS. The molecule has 0 aliphatic rings. The minimum Gasteiger partial charge on any atom is -0.508 e. The zero-order valence-corrected chi connectivity index (χ0v) is 10.3. The minimum atomic E-state index is 0.202. The van der Waals surface area contributed by atoms with E-state index < -0.39 is 0 Å². The zero-order valence-electron chi connectivity index (χ0n) is 8.77. The zero-order chi connectivity index (χ0) is 11.5. The van der Waals surface area contributed by atoms with Gasteiger partial charge in [0, 0.05) is 11.7 Å². The van der Waals surface area contributed by atoms with Crippen molar-refractivity contribution in [3.63, 3.8) is 0 Å². The summed E-state index contributed by atoms with van der Waals surface area (Å²) in [5.74, 6) is 0.275. The van der Waals surface area contributed by atoms with Crippen LogP contribution in [-0.2, 0) is 0 Å². The standard InChI is InChI=1S/C12H12ClNOS/c1-8(9-6-12(13)16-7-9)14-10-2-4-11(15)5-3-10/h2-8,14-15H,1H3. The Morgan fingerprint density at radius 1 is 1.31 bits per heavy atom. The Labute approximate surface area is 104 Å². The summed E-state index contributed by atoms with van der Waals surface area (Å²) in [5.41, 5.74) is 2.15. The van der Waals surface area contributed by atoms with Crippen LogP contribution in [0.2, 0.25) is 4.34 Å². The number of thiophene rings is 1. The second kappa shape index (κ2) is 4.76. The molecule has 4 heteroatoms. The molecule has 0 amide bonds. The Kier molecular flexibility index (Phi) is 3.36. The summed E-state index contributed by atoms with van der Waals surface area (Å²) >= 11 is 7.42. The molecule has 16 heavy (non-hydrogen) atoms. The van der Waals surface area contributed by atoms with E-state index in [0.29, 0.717) is 0 Å². The van der Waals surface area contributed by atoms with Gasteiger partial charge in [0.25, 0.3) is 0 Å². The molecule has 2 aromatic rings. The van der Waals surface area contributed by atoms with E-state index in [1.807, 2.05) is 23.6 Å². The minimum absolute atomic E-state index is 0.202. The van der Waals surface area contributed by atoms with Gasteiger partial charge in [-0.2, -0.15) is 0 Å². The Morgan fingerprint density at radius 3 is 2.56 bits per heavy atom. The van der Waals surface area contributed by atoms with Gasteiger partial charge in [-0.3, -0.25) is 0 Å². The van der Waals surface area contributed by atoms with Gasteiger partial charge in [0.05, 0.1) is 4.34 Å². The van der Waals surface area contributed by atoms with Gasteiger partial charge in [-0.25, -0.2) is 0 Å². The van der Waals surface area contributed by atoms with Gasteiger partial charge < -0.3 is 10.4 Å². The summed E-state index contributed by atoms with van der Waals surface area (Å²) in [6.07, 6.45) is 0. The van der Waals surface area contributed by atoms with Gasteiger partial charge in [-0.15, -0.1) is 11.3 Å². The summed E-state index contributed by atoms with van der Waals surface area (Å²) in [4.78, 5) is 0. The third-order valence-electron chi connectivity index (χ3n) is 2.34. The van der Waals surface area contributed by atoms with Crippen molar-refractivity contribution >= 4 is 28.6 Å². The number of aromatic hydroxyl groups is 1. The monoisotopic (exact) mass is 253 g/mol. The summed E-state index contributed by atoms with van der Waals surface area (Å²) in [6, 6.07) is 9.18. The van der Waals surface area contributed by atoms with Crippen molar-refractivity contribution < 1.29 is 5.11 Å². The maximum Gasteiger partial charge on any atom is 0.115 e. The van der Waals surface area contributed by atoms with E-state index in [4.69, 9.17) is 16.7 Å². The Bertz CT molecular complexity index is 466. The number of phenolic OH excluding ortho intramolecular Hbond substituents is 1. The van der Waals surface area contributed by atoms with Crippen LogP contribution in [0.15, 0.2) is 35.7 Å². The van der Waals surface area contributed by atoms with Crippen LogP contribution in [0.25, 0.3) is 0 Å². The number of anilines is 1. The maximum absolute atomic E-state index is 9.17. The Hall–Kier alpha value is -1.19. The molecule has 0 aliphatic carbocycles. The fourth-order valence-corrected chi connectivity index (χ4v) is 2.43. The predicted octanol–water partition coefficient (Wildman–Crippen LogP) is 4.28. The van der Waals surface area contributed by atoms with Crippen molar-refractivity contribution in [3.8, 4) is 5.75 Å². The highest BCUT2D eigenvalue weighted by molar-refractivity contribution is 7.14. The largest absolute Gasteiger partial charge is 0.508 e. The third-order valence-corrected chi connectivity index (χ3v) is 3.45. The molecule has 84 valence electrons. The lowest BCUT2D eigenvalue weighted by molar-refractivity contribution is 0.475. The first-order chi connectivity index (χ1) is 7.65. The van der Waals surface area contributed by atoms with Crippen LogP contribution in [0.4, 0.5) is 5.69 Å². The van der Waals surface area contributed by atoms with Crippen LogP contribution in [0.1, 0.15) is 18.5 Å². The quantitative estimate of drug-likeness (QED) is 0.801. The van der Waals surface area contributed by atoms with Crippen molar-refractivity contribution in [2.45, 2.75) is 13.0 Å². The Balaban J connectivity index is 2.07. The van der Waals surface area contributed by atoms with E-state index >= 15 is 0 Å². The van der Waals surface area contributed by atoms with Gasteiger partial charge in [-0.05, 0) is 48.2 Å². The van der Waals surface area contributed by atoms with Crippen molar-refractivity contribution in [1.29, 1.82) is 0 Å². The fraction of sp³-hybridized carbons (Fsp3) is 0.167. The highest BCUT2D eigenvalue weighted by Crippen LogP contribution is 2.27. The van der Waals surface area contributed by atoms with Crippen LogP contribution in [-0.4, -0.2) is 5.11 Å². The lowest BCUT2D eigenvalue weighted by atomic mass is 10.1. The van der Waals surface area contributed by atoms with Gasteiger partial charge in [-0.1, -0.05) is 11.6 Å². The molecule has 0 aliphatic heterocycles. The molecule has 0 spiro atoms. The second-order valence-corrected chi connectivity index (χ2v) is 5.14. The molecule has 1 heterocycles. The van der Waals surface area contributed by atoms with Gasteiger partial charge >= 0.3 is 0 Å². The second-order valence-electron chi connectivity index (χ2n) is 3.60. The van der Waals surface area contributed by atoms with Crippen LogP contribution in [0, 0.1) is 0 Å². The molecule has 1 unspecified atom stereocenters. The highest BCUT2D eigenvalue weighted by atomic mass is 35.5. The molecule has 0 bridgehead atoms. The third kappa shape index (κ3) is 2.68. The van der Waals surface area contributed by atoms with E-state index in [1.54, 1.807) is 12.1 Å². The van der Waals surface area contributed by atoms with Crippen LogP contribution in [0.3, 0.4) is 0 Å². The van der Waals surface area contributed by atoms with Crippen LogP contribution < -0.4 is 5.32 Å². The van der Waals surface area contributed by atoms with Crippen molar-refractivity contribution in [1.82, 2.24) is 0 Å².